The van der Waals surface area contributed by atoms with Crippen LogP contribution in [0.25, 0.3) is 5.82 Å². The van der Waals surface area contributed by atoms with Gasteiger partial charge in [-0.3, -0.25) is 19.2 Å². The van der Waals surface area contributed by atoms with E-state index in [0.29, 0.717) is 19.0 Å². The molecule has 4 rings (SSSR count). The van der Waals surface area contributed by atoms with Gasteiger partial charge in [0.15, 0.2) is 0 Å². The van der Waals surface area contributed by atoms with Crippen LogP contribution in [-0.2, 0) is 4.79 Å². The van der Waals surface area contributed by atoms with Gasteiger partial charge in [-0.2, -0.15) is 0 Å². The lowest BCUT2D eigenvalue weighted by atomic mass is 10.1. The molecule has 0 radical (unpaired) electrons. The minimum atomic E-state index is 0.0362. The summed E-state index contributed by atoms with van der Waals surface area (Å²) in [7, 11) is 0. The van der Waals surface area contributed by atoms with Crippen molar-refractivity contribution in [2.45, 2.75) is 38.6 Å². The van der Waals surface area contributed by atoms with Gasteiger partial charge in [0.2, 0.25) is 5.91 Å². The number of rotatable bonds is 7. The van der Waals surface area contributed by atoms with Crippen LogP contribution in [0.5, 0.6) is 0 Å². The van der Waals surface area contributed by atoms with E-state index >= 15 is 0 Å². The van der Waals surface area contributed by atoms with Gasteiger partial charge in [0.05, 0.1) is 24.9 Å². The fourth-order valence-electron chi connectivity index (χ4n) is 4.66. The normalized spacial score (nSPS) is 20.6. The molecule has 0 spiro atoms. The van der Waals surface area contributed by atoms with E-state index in [4.69, 9.17) is 10.1 Å². The Morgan fingerprint density at radius 1 is 1.16 bits per heavy atom. The summed E-state index contributed by atoms with van der Waals surface area (Å²) in [5.74, 6) is 2.35. The van der Waals surface area contributed by atoms with Crippen LogP contribution in [0.1, 0.15) is 50.2 Å². The van der Waals surface area contributed by atoms with Crippen molar-refractivity contribution in [3.8, 4) is 5.82 Å². The molecule has 2 aliphatic rings. The number of β-amino-alcohol motifs (C(OH)–C–C–N with tert-alkyl or cyclic N) is 1. The Labute approximate surface area is 184 Å². The molecule has 1 amide bonds. The molecule has 2 saturated heterocycles. The fourth-order valence-corrected chi connectivity index (χ4v) is 4.66. The Morgan fingerprint density at radius 2 is 1.94 bits per heavy atom. The SMILES string of the molecule is CC(C)c1nccn1-c1cccc(C2CCCN2C(=O)CN2CCN(CCO)CC2)n1. The summed E-state index contributed by atoms with van der Waals surface area (Å²) >= 11 is 0. The Hall–Kier alpha value is -2.29. The van der Waals surface area contributed by atoms with Crippen molar-refractivity contribution in [3.05, 3.63) is 42.1 Å². The third kappa shape index (κ3) is 4.97. The molecule has 0 aromatic carbocycles. The maximum atomic E-state index is 13.1. The van der Waals surface area contributed by atoms with Gasteiger partial charge in [0.1, 0.15) is 11.6 Å². The van der Waals surface area contributed by atoms with Gasteiger partial charge < -0.3 is 10.0 Å². The minimum absolute atomic E-state index is 0.0362. The lowest BCUT2D eigenvalue weighted by molar-refractivity contribution is -0.133. The molecule has 31 heavy (non-hydrogen) atoms. The third-order valence-electron chi connectivity index (χ3n) is 6.34. The molecule has 1 unspecified atom stereocenters. The van der Waals surface area contributed by atoms with Crippen LogP contribution >= 0.6 is 0 Å². The number of carbonyl (C=O) groups excluding carboxylic acids is 1. The first-order valence-electron chi connectivity index (χ1n) is 11.4. The van der Waals surface area contributed by atoms with Crippen LogP contribution in [-0.4, -0.2) is 92.7 Å². The zero-order valence-corrected chi connectivity index (χ0v) is 18.7. The number of aromatic nitrogens is 3. The zero-order chi connectivity index (χ0) is 21.8. The quantitative estimate of drug-likeness (QED) is 0.726. The Kier molecular flexibility index (Phi) is 6.99. The van der Waals surface area contributed by atoms with Gasteiger partial charge in [-0.15, -0.1) is 0 Å². The second-order valence-electron chi connectivity index (χ2n) is 8.82. The smallest absolute Gasteiger partial charge is 0.237 e. The molecule has 2 aliphatic heterocycles. The highest BCUT2D eigenvalue weighted by Gasteiger charge is 2.32. The number of aliphatic hydroxyl groups excluding tert-OH is 1. The summed E-state index contributed by atoms with van der Waals surface area (Å²) in [4.78, 5) is 29.1. The predicted molar refractivity (Wildman–Crippen MR) is 119 cm³/mol. The molecular formula is C23H34N6O2. The largest absolute Gasteiger partial charge is 0.395 e. The van der Waals surface area contributed by atoms with Gasteiger partial charge in [-0.05, 0) is 25.0 Å². The van der Waals surface area contributed by atoms with E-state index in [1.165, 1.54) is 0 Å². The van der Waals surface area contributed by atoms with E-state index in [1.54, 1.807) is 0 Å². The molecule has 2 aromatic heterocycles. The summed E-state index contributed by atoms with van der Waals surface area (Å²) in [5, 5.41) is 9.11. The Bertz CT molecular complexity index is 874. The highest BCUT2D eigenvalue weighted by atomic mass is 16.3. The van der Waals surface area contributed by atoms with Crippen molar-refractivity contribution in [2.75, 3.05) is 52.4 Å². The van der Waals surface area contributed by atoms with E-state index < -0.39 is 0 Å². The van der Waals surface area contributed by atoms with Crippen molar-refractivity contribution in [1.82, 2.24) is 29.2 Å². The molecule has 2 fully saturated rings. The number of likely N-dealkylation sites (tertiary alicyclic amines) is 1. The van der Waals surface area contributed by atoms with Gasteiger partial charge in [0.25, 0.3) is 0 Å². The summed E-state index contributed by atoms with van der Waals surface area (Å²) < 4.78 is 2.04. The van der Waals surface area contributed by atoms with E-state index in [9.17, 15) is 4.79 Å². The summed E-state index contributed by atoms with van der Waals surface area (Å²) in [6.45, 7) is 9.98. The number of piperazine rings is 1. The lowest BCUT2D eigenvalue weighted by Gasteiger charge is -2.35. The second-order valence-corrected chi connectivity index (χ2v) is 8.82. The predicted octanol–water partition coefficient (Wildman–Crippen LogP) is 1.66. The number of imidazole rings is 1. The average molecular weight is 427 g/mol. The number of hydrogen-bond donors (Lipinski definition) is 1. The summed E-state index contributed by atoms with van der Waals surface area (Å²) in [5.41, 5.74) is 0.958. The number of aliphatic hydroxyl groups is 1. The monoisotopic (exact) mass is 426 g/mol. The average Bonchev–Trinajstić information content (AvgIpc) is 3.45. The fraction of sp³-hybridized carbons (Fsp3) is 0.609. The van der Waals surface area contributed by atoms with Crippen LogP contribution in [0.15, 0.2) is 30.6 Å². The number of amides is 1. The molecule has 0 saturated carbocycles. The number of nitrogens with zero attached hydrogens (tertiary/aromatic N) is 6. The van der Waals surface area contributed by atoms with Gasteiger partial charge in [0, 0.05) is 57.6 Å². The standard InChI is InChI=1S/C23H34N6O2/c1-18(2)23-24-8-10-29(23)21-7-3-5-19(25-21)20-6-4-9-28(20)22(31)17-27-13-11-26(12-14-27)15-16-30/h3,5,7-8,10,18,20,30H,4,6,9,11-17H2,1-2H3. The van der Waals surface area contributed by atoms with Crippen molar-refractivity contribution in [2.24, 2.45) is 0 Å². The molecule has 8 nitrogen and oxygen atoms in total. The first-order valence-corrected chi connectivity index (χ1v) is 11.4. The van der Waals surface area contributed by atoms with Crippen LogP contribution in [0, 0.1) is 0 Å². The molecule has 0 aliphatic carbocycles. The van der Waals surface area contributed by atoms with Crippen molar-refractivity contribution in [3.63, 3.8) is 0 Å². The topological polar surface area (TPSA) is 77.7 Å². The third-order valence-corrected chi connectivity index (χ3v) is 6.34. The van der Waals surface area contributed by atoms with Gasteiger partial charge in [-0.1, -0.05) is 19.9 Å². The molecule has 2 aromatic rings. The van der Waals surface area contributed by atoms with Gasteiger partial charge >= 0.3 is 0 Å². The number of hydrogen-bond acceptors (Lipinski definition) is 6. The van der Waals surface area contributed by atoms with E-state index in [0.717, 1.165) is 62.9 Å². The van der Waals surface area contributed by atoms with Crippen LogP contribution in [0.4, 0.5) is 0 Å². The van der Waals surface area contributed by atoms with E-state index in [-0.39, 0.29) is 18.6 Å². The molecule has 168 valence electrons. The first kappa shape index (κ1) is 21.9. The lowest BCUT2D eigenvalue weighted by Crippen LogP contribution is -2.50. The highest BCUT2D eigenvalue weighted by molar-refractivity contribution is 5.79. The number of carbonyl (C=O) groups is 1. The van der Waals surface area contributed by atoms with Crippen molar-refractivity contribution >= 4 is 5.91 Å². The van der Waals surface area contributed by atoms with E-state index in [2.05, 4.69) is 28.6 Å². The van der Waals surface area contributed by atoms with Crippen molar-refractivity contribution in [1.29, 1.82) is 0 Å². The van der Waals surface area contributed by atoms with Crippen LogP contribution in [0.2, 0.25) is 0 Å². The molecule has 4 heterocycles. The zero-order valence-electron chi connectivity index (χ0n) is 18.7. The van der Waals surface area contributed by atoms with Crippen LogP contribution in [0.3, 0.4) is 0 Å². The maximum absolute atomic E-state index is 13.1. The molecule has 1 N–H and O–H groups in total. The highest BCUT2D eigenvalue weighted by Crippen LogP contribution is 2.31. The summed E-state index contributed by atoms with van der Waals surface area (Å²) in [6, 6.07) is 6.11. The van der Waals surface area contributed by atoms with Gasteiger partial charge in [-0.25, -0.2) is 9.97 Å². The summed E-state index contributed by atoms with van der Waals surface area (Å²) in [6.07, 6.45) is 5.73. The minimum Gasteiger partial charge on any atom is -0.395 e. The van der Waals surface area contributed by atoms with Crippen LogP contribution < -0.4 is 0 Å². The maximum Gasteiger partial charge on any atom is 0.237 e. The Balaban J connectivity index is 1.44. The van der Waals surface area contributed by atoms with E-state index in [1.807, 2.05) is 40.1 Å². The second kappa shape index (κ2) is 9.89. The molecule has 0 bridgehead atoms. The van der Waals surface area contributed by atoms with Crippen molar-refractivity contribution < 1.29 is 9.90 Å². The molecule has 1 atom stereocenters. The first-order chi connectivity index (χ1) is 15.1. The Morgan fingerprint density at radius 3 is 2.68 bits per heavy atom. The molecular weight excluding hydrogens is 392 g/mol. The molecule has 8 heteroatoms. The number of pyridine rings is 1.